The van der Waals surface area contributed by atoms with Crippen LogP contribution in [-0.2, 0) is 19.1 Å². The SMILES string of the molecule is CCC(=O)[C@H]1CC[C@@H](NC(=O)CCCOCCCOCC(C)C)CC1. The topological polar surface area (TPSA) is 64.6 Å². The Bertz CT molecular complexity index is 376. The van der Waals surface area contributed by atoms with E-state index in [2.05, 4.69) is 19.2 Å². The van der Waals surface area contributed by atoms with Crippen LogP contribution in [0, 0.1) is 11.8 Å². The lowest BCUT2D eigenvalue weighted by molar-refractivity contribution is -0.124. The molecule has 5 nitrogen and oxygen atoms in total. The van der Waals surface area contributed by atoms with E-state index in [9.17, 15) is 9.59 Å². The highest BCUT2D eigenvalue weighted by Crippen LogP contribution is 2.25. The molecule has 0 unspecified atom stereocenters. The zero-order chi connectivity index (χ0) is 18.5. The number of hydrogen-bond acceptors (Lipinski definition) is 4. The number of rotatable bonds is 13. The Morgan fingerprint density at radius 2 is 1.64 bits per heavy atom. The van der Waals surface area contributed by atoms with Gasteiger partial charge in [-0.15, -0.1) is 0 Å². The van der Waals surface area contributed by atoms with Crippen LogP contribution in [0.25, 0.3) is 0 Å². The Hall–Kier alpha value is -0.940. The molecule has 0 saturated heterocycles. The van der Waals surface area contributed by atoms with Crippen LogP contribution in [0.2, 0.25) is 0 Å². The second-order valence-electron chi connectivity index (χ2n) is 7.47. The van der Waals surface area contributed by atoms with Crippen molar-refractivity contribution in [1.82, 2.24) is 5.32 Å². The zero-order valence-electron chi connectivity index (χ0n) is 16.4. The molecule has 0 atom stereocenters. The molecule has 1 rings (SSSR count). The van der Waals surface area contributed by atoms with Crippen LogP contribution in [0.5, 0.6) is 0 Å². The molecular weight excluding hydrogens is 318 g/mol. The molecule has 0 aromatic rings. The summed E-state index contributed by atoms with van der Waals surface area (Å²) in [5.41, 5.74) is 0. The van der Waals surface area contributed by atoms with E-state index in [1.807, 2.05) is 6.92 Å². The highest BCUT2D eigenvalue weighted by atomic mass is 16.5. The molecule has 1 fully saturated rings. The fourth-order valence-electron chi connectivity index (χ4n) is 3.17. The maximum absolute atomic E-state index is 12.0. The molecule has 0 heterocycles. The average molecular weight is 356 g/mol. The number of Topliss-reactive ketones (excluding diaryl/α,β-unsaturated/α-hetero) is 1. The maximum atomic E-state index is 12.0. The van der Waals surface area contributed by atoms with Crippen LogP contribution in [0.1, 0.15) is 72.1 Å². The second kappa shape index (κ2) is 13.3. The molecule has 1 amide bonds. The Morgan fingerprint density at radius 1 is 1.00 bits per heavy atom. The largest absolute Gasteiger partial charge is 0.381 e. The molecule has 0 bridgehead atoms. The Balaban J connectivity index is 1.95. The molecular formula is C20H37NO4. The first-order valence-corrected chi connectivity index (χ1v) is 10.0. The van der Waals surface area contributed by atoms with E-state index in [1.54, 1.807) is 0 Å². The molecule has 0 aromatic carbocycles. The lowest BCUT2D eigenvalue weighted by atomic mass is 9.83. The summed E-state index contributed by atoms with van der Waals surface area (Å²) in [7, 11) is 0. The predicted octanol–water partition coefficient (Wildman–Crippen LogP) is 3.50. The van der Waals surface area contributed by atoms with Gasteiger partial charge >= 0.3 is 0 Å². The Labute approximate surface area is 153 Å². The van der Waals surface area contributed by atoms with Gasteiger partial charge in [0.2, 0.25) is 5.91 Å². The summed E-state index contributed by atoms with van der Waals surface area (Å²) in [6.45, 7) is 9.05. The van der Waals surface area contributed by atoms with Crippen molar-refractivity contribution in [2.45, 2.75) is 78.2 Å². The molecule has 1 aliphatic carbocycles. The zero-order valence-corrected chi connectivity index (χ0v) is 16.4. The van der Waals surface area contributed by atoms with Gasteiger partial charge in [-0.05, 0) is 44.4 Å². The third-order valence-electron chi connectivity index (χ3n) is 4.62. The van der Waals surface area contributed by atoms with E-state index in [0.29, 0.717) is 37.8 Å². The van der Waals surface area contributed by atoms with Crippen molar-refractivity contribution in [2.24, 2.45) is 11.8 Å². The van der Waals surface area contributed by atoms with E-state index < -0.39 is 0 Å². The lowest BCUT2D eigenvalue weighted by Crippen LogP contribution is -2.38. The summed E-state index contributed by atoms with van der Waals surface area (Å²) in [6.07, 6.45) is 6.48. The molecule has 5 heteroatoms. The van der Waals surface area contributed by atoms with Gasteiger partial charge < -0.3 is 14.8 Å². The van der Waals surface area contributed by atoms with Crippen molar-refractivity contribution >= 4 is 11.7 Å². The maximum Gasteiger partial charge on any atom is 0.220 e. The van der Waals surface area contributed by atoms with Crippen molar-refractivity contribution in [3.8, 4) is 0 Å². The van der Waals surface area contributed by atoms with Gasteiger partial charge in [0.15, 0.2) is 0 Å². The highest BCUT2D eigenvalue weighted by molar-refractivity contribution is 5.80. The molecule has 1 aliphatic rings. The molecule has 1 saturated carbocycles. The van der Waals surface area contributed by atoms with Crippen LogP contribution in [-0.4, -0.2) is 44.2 Å². The molecule has 0 aromatic heterocycles. The number of ether oxygens (including phenoxy) is 2. The highest BCUT2D eigenvalue weighted by Gasteiger charge is 2.25. The number of hydrogen-bond donors (Lipinski definition) is 1. The Morgan fingerprint density at radius 3 is 2.28 bits per heavy atom. The third-order valence-corrected chi connectivity index (χ3v) is 4.62. The van der Waals surface area contributed by atoms with Gasteiger partial charge in [-0.25, -0.2) is 0 Å². The summed E-state index contributed by atoms with van der Waals surface area (Å²) in [5, 5.41) is 3.10. The summed E-state index contributed by atoms with van der Waals surface area (Å²) in [6, 6.07) is 0.243. The number of carbonyl (C=O) groups excluding carboxylic acids is 2. The fourth-order valence-corrected chi connectivity index (χ4v) is 3.17. The molecule has 0 spiro atoms. The summed E-state index contributed by atoms with van der Waals surface area (Å²) in [4.78, 5) is 23.7. The number of amides is 1. The normalized spacial score (nSPS) is 20.6. The first-order chi connectivity index (χ1) is 12.0. The molecule has 25 heavy (non-hydrogen) atoms. The minimum absolute atomic E-state index is 0.106. The van der Waals surface area contributed by atoms with Crippen LogP contribution in [0.4, 0.5) is 0 Å². The van der Waals surface area contributed by atoms with Crippen molar-refractivity contribution < 1.29 is 19.1 Å². The van der Waals surface area contributed by atoms with E-state index in [1.165, 1.54) is 0 Å². The molecule has 0 aliphatic heterocycles. The summed E-state index contributed by atoms with van der Waals surface area (Å²) in [5.74, 6) is 1.27. The first kappa shape index (κ1) is 22.1. The molecule has 146 valence electrons. The minimum atomic E-state index is 0.106. The lowest BCUT2D eigenvalue weighted by Gasteiger charge is -2.28. The van der Waals surface area contributed by atoms with E-state index >= 15 is 0 Å². The van der Waals surface area contributed by atoms with Crippen molar-refractivity contribution in [3.63, 3.8) is 0 Å². The predicted molar refractivity (Wildman–Crippen MR) is 99.5 cm³/mol. The van der Waals surface area contributed by atoms with Gasteiger partial charge in [0.05, 0.1) is 0 Å². The minimum Gasteiger partial charge on any atom is -0.381 e. The van der Waals surface area contributed by atoms with Crippen LogP contribution < -0.4 is 5.32 Å². The molecule has 1 N–H and O–H groups in total. The van der Waals surface area contributed by atoms with Crippen molar-refractivity contribution in [2.75, 3.05) is 26.4 Å². The molecule has 0 radical (unpaired) electrons. The smallest absolute Gasteiger partial charge is 0.220 e. The van der Waals surface area contributed by atoms with Gasteiger partial charge in [-0.3, -0.25) is 9.59 Å². The van der Waals surface area contributed by atoms with E-state index in [4.69, 9.17) is 9.47 Å². The van der Waals surface area contributed by atoms with Crippen LogP contribution >= 0.6 is 0 Å². The standard InChI is InChI=1S/C20H37NO4/c1-4-19(22)17-8-10-18(11-9-17)21-20(23)7-5-12-24-13-6-14-25-15-16(2)3/h16-18H,4-15H2,1-3H3,(H,21,23)/t17-,18+. The second-order valence-corrected chi connectivity index (χ2v) is 7.47. The average Bonchev–Trinajstić information content (AvgIpc) is 2.60. The third kappa shape index (κ3) is 10.6. The van der Waals surface area contributed by atoms with Crippen molar-refractivity contribution in [3.05, 3.63) is 0 Å². The van der Waals surface area contributed by atoms with Gasteiger partial charge in [0.1, 0.15) is 5.78 Å². The first-order valence-electron chi connectivity index (χ1n) is 10.0. The summed E-state index contributed by atoms with van der Waals surface area (Å²) >= 11 is 0. The van der Waals surface area contributed by atoms with Gasteiger partial charge in [-0.1, -0.05) is 20.8 Å². The van der Waals surface area contributed by atoms with Gasteiger partial charge in [-0.2, -0.15) is 0 Å². The van der Waals surface area contributed by atoms with E-state index in [0.717, 1.165) is 51.7 Å². The number of ketones is 1. The quantitative estimate of drug-likeness (QED) is 0.514. The van der Waals surface area contributed by atoms with Crippen molar-refractivity contribution in [1.29, 1.82) is 0 Å². The van der Waals surface area contributed by atoms with Gasteiger partial charge in [0.25, 0.3) is 0 Å². The monoisotopic (exact) mass is 355 g/mol. The number of carbonyl (C=O) groups is 2. The number of nitrogens with one attached hydrogen (secondary N) is 1. The van der Waals surface area contributed by atoms with Crippen LogP contribution in [0.3, 0.4) is 0 Å². The van der Waals surface area contributed by atoms with Crippen LogP contribution in [0.15, 0.2) is 0 Å². The Kier molecular flexibility index (Phi) is 11.7. The fraction of sp³-hybridized carbons (Fsp3) is 0.900. The van der Waals surface area contributed by atoms with Gasteiger partial charge in [0, 0.05) is 51.2 Å². The summed E-state index contributed by atoms with van der Waals surface area (Å²) < 4.78 is 11.0. The van der Waals surface area contributed by atoms with E-state index in [-0.39, 0.29) is 17.9 Å².